The lowest BCUT2D eigenvalue weighted by atomic mass is 10.0. The molecule has 1 saturated heterocycles. The fourth-order valence-electron chi connectivity index (χ4n) is 4.96. The molecule has 0 bridgehead atoms. The van der Waals surface area contributed by atoms with Crippen LogP contribution in [0.5, 0.6) is 5.75 Å². The maximum absolute atomic E-state index is 13.2. The summed E-state index contributed by atoms with van der Waals surface area (Å²) >= 11 is 0. The van der Waals surface area contributed by atoms with Crippen molar-refractivity contribution in [3.05, 3.63) is 70.1 Å². The minimum absolute atomic E-state index is 0.0539. The van der Waals surface area contributed by atoms with Gasteiger partial charge < -0.3 is 19.7 Å². The van der Waals surface area contributed by atoms with Crippen LogP contribution in [0.25, 0.3) is 28.1 Å². The van der Waals surface area contributed by atoms with Crippen molar-refractivity contribution >= 4 is 17.1 Å². The average Bonchev–Trinajstić information content (AvgIpc) is 3.26. The molecule has 192 valence electrons. The molecular formula is C27H30N6O4. The second-order valence-electron chi connectivity index (χ2n) is 9.38. The Labute approximate surface area is 214 Å². The number of carboxylic acid groups (broad SMARTS) is 1. The van der Waals surface area contributed by atoms with E-state index in [1.165, 1.54) is 4.90 Å². The summed E-state index contributed by atoms with van der Waals surface area (Å²) < 4.78 is 7.31. The van der Waals surface area contributed by atoms with Gasteiger partial charge in [0.25, 0.3) is 5.56 Å². The third-order valence-corrected chi connectivity index (χ3v) is 7.03. The quantitative estimate of drug-likeness (QED) is 0.413. The Kier molecular flexibility index (Phi) is 6.66. The number of likely N-dealkylation sites (tertiary alicyclic amines) is 1. The number of aryl methyl sites for hydroxylation is 1. The first-order valence-electron chi connectivity index (χ1n) is 12.3. The van der Waals surface area contributed by atoms with Crippen LogP contribution < -0.4 is 10.3 Å². The van der Waals surface area contributed by atoms with Gasteiger partial charge in [-0.2, -0.15) is 5.10 Å². The molecule has 5 rings (SSSR count). The molecule has 2 aromatic carbocycles. The summed E-state index contributed by atoms with van der Waals surface area (Å²) in [4.78, 5) is 35.8. The van der Waals surface area contributed by atoms with Gasteiger partial charge in [0.1, 0.15) is 17.1 Å². The number of hydrogen-bond acceptors (Lipinski definition) is 6. The maximum Gasteiger partial charge on any atom is 0.407 e. The van der Waals surface area contributed by atoms with E-state index >= 15 is 0 Å². The predicted octanol–water partition coefficient (Wildman–Crippen LogP) is 3.67. The molecule has 4 aromatic rings. The maximum atomic E-state index is 13.2. The number of amides is 1. The second kappa shape index (κ2) is 10.1. The third kappa shape index (κ3) is 4.79. The van der Waals surface area contributed by atoms with Gasteiger partial charge in [0.15, 0.2) is 5.52 Å². The average molecular weight is 503 g/mol. The molecule has 0 radical (unpaired) electrons. The molecule has 1 aliphatic heterocycles. The van der Waals surface area contributed by atoms with Crippen molar-refractivity contribution in [3.63, 3.8) is 0 Å². The number of methoxy groups -OCH3 is 1. The van der Waals surface area contributed by atoms with Gasteiger partial charge in [0, 0.05) is 32.7 Å². The lowest BCUT2D eigenvalue weighted by Crippen LogP contribution is -2.44. The molecular weight excluding hydrogens is 472 g/mol. The number of H-pyrrole nitrogens is 1. The van der Waals surface area contributed by atoms with E-state index in [0.29, 0.717) is 33.9 Å². The molecule has 3 heterocycles. The first-order chi connectivity index (χ1) is 17.9. The lowest BCUT2D eigenvalue weighted by molar-refractivity contribution is 0.103. The summed E-state index contributed by atoms with van der Waals surface area (Å²) in [6.45, 7) is 4.22. The van der Waals surface area contributed by atoms with Crippen LogP contribution in [0.3, 0.4) is 0 Å². The molecule has 0 atom stereocenters. The fourth-order valence-corrected chi connectivity index (χ4v) is 4.96. The van der Waals surface area contributed by atoms with Gasteiger partial charge in [-0.05, 0) is 49.6 Å². The van der Waals surface area contributed by atoms with E-state index in [-0.39, 0.29) is 11.6 Å². The van der Waals surface area contributed by atoms with E-state index in [1.807, 2.05) is 55.5 Å². The Hall–Kier alpha value is -4.18. The number of aromatic nitrogens is 4. The highest BCUT2D eigenvalue weighted by Crippen LogP contribution is 2.30. The molecule has 0 spiro atoms. The number of piperidine rings is 1. The summed E-state index contributed by atoms with van der Waals surface area (Å²) in [6, 6.07) is 15.5. The number of benzene rings is 2. The highest BCUT2D eigenvalue weighted by Gasteiger charge is 2.25. The zero-order chi connectivity index (χ0) is 26.1. The number of rotatable bonds is 6. The highest BCUT2D eigenvalue weighted by atomic mass is 16.5. The Bertz CT molecular complexity index is 1490. The molecule has 1 aliphatic rings. The Morgan fingerprint density at radius 1 is 1.19 bits per heavy atom. The molecule has 0 unspecified atom stereocenters. The zero-order valence-electron chi connectivity index (χ0n) is 21.1. The Balaban J connectivity index is 1.40. The van der Waals surface area contributed by atoms with Crippen LogP contribution in [0, 0.1) is 6.92 Å². The topological polar surface area (TPSA) is 117 Å². The number of aromatic amines is 1. The van der Waals surface area contributed by atoms with E-state index < -0.39 is 6.09 Å². The van der Waals surface area contributed by atoms with E-state index in [4.69, 9.17) is 9.72 Å². The number of fused-ring (bicyclic) bond motifs is 1. The van der Waals surface area contributed by atoms with Gasteiger partial charge in [0.05, 0.1) is 24.1 Å². The molecule has 10 heteroatoms. The Morgan fingerprint density at radius 2 is 1.92 bits per heavy atom. The Morgan fingerprint density at radius 3 is 2.59 bits per heavy atom. The number of carbonyl (C=O) groups is 1. The fraction of sp³-hybridized carbons (Fsp3) is 0.333. The van der Waals surface area contributed by atoms with Crippen LogP contribution in [-0.4, -0.2) is 74.0 Å². The molecule has 2 N–H and O–H groups in total. The van der Waals surface area contributed by atoms with Gasteiger partial charge in [0.2, 0.25) is 0 Å². The van der Waals surface area contributed by atoms with Crippen molar-refractivity contribution in [3.8, 4) is 22.8 Å². The van der Waals surface area contributed by atoms with Crippen molar-refractivity contribution in [2.24, 2.45) is 0 Å². The molecule has 0 saturated carbocycles. The van der Waals surface area contributed by atoms with Gasteiger partial charge in [-0.25, -0.2) is 14.5 Å². The second-order valence-corrected chi connectivity index (χ2v) is 9.38. The van der Waals surface area contributed by atoms with Crippen LogP contribution in [-0.2, 0) is 6.54 Å². The smallest absolute Gasteiger partial charge is 0.407 e. The van der Waals surface area contributed by atoms with Crippen molar-refractivity contribution in [2.45, 2.75) is 32.4 Å². The first-order valence-corrected chi connectivity index (χ1v) is 12.3. The van der Waals surface area contributed by atoms with Crippen LogP contribution in [0.1, 0.15) is 24.1 Å². The summed E-state index contributed by atoms with van der Waals surface area (Å²) in [5.41, 5.74) is 3.90. The molecule has 37 heavy (non-hydrogen) atoms. The summed E-state index contributed by atoms with van der Waals surface area (Å²) in [5.74, 6) is 1.04. The van der Waals surface area contributed by atoms with Crippen LogP contribution in [0.15, 0.2) is 53.3 Å². The number of para-hydroxylation sites is 1. The molecule has 1 fully saturated rings. The minimum atomic E-state index is -0.883. The van der Waals surface area contributed by atoms with Gasteiger partial charge >= 0.3 is 6.09 Å². The van der Waals surface area contributed by atoms with Gasteiger partial charge in [-0.1, -0.05) is 24.3 Å². The van der Waals surface area contributed by atoms with Crippen molar-refractivity contribution in [1.29, 1.82) is 0 Å². The number of hydrogen-bond donors (Lipinski definition) is 2. The van der Waals surface area contributed by atoms with E-state index in [2.05, 4.69) is 15.0 Å². The molecule has 0 aliphatic carbocycles. The SMILES string of the molecule is COc1cc(CN2CCC(N(C)C(=O)O)CC2)ccc1-c1nc2c(C)nn(-c3ccccc3)c2c(=O)[nH]1. The summed E-state index contributed by atoms with van der Waals surface area (Å²) in [5, 5.41) is 13.8. The zero-order valence-corrected chi connectivity index (χ0v) is 21.1. The van der Waals surface area contributed by atoms with Gasteiger partial charge in [-0.15, -0.1) is 0 Å². The summed E-state index contributed by atoms with van der Waals surface area (Å²) in [6.07, 6.45) is 0.726. The minimum Gasteiger partial charge on any atom is -0.496 e. The first kappa shape index (κ1) is 24.5. The van der Waals surface area contributed by atoms with Crippen molar-refractivity contribution in [2.75, 3.05) is 27.2 Å². The normalized spacial score (nSPS) is 14.7. The number of nitrogens with one attached hydrogen (secondary N) is 1. The molecule has 2 aromatic heterocycles. The van der Waals surface area contributed by atoms with Crippen molar-refractivity contribution in [1.82, 2.24) is 29.5 Å². The molecule has 1 amide bonds. The molecule has 10 nitrogen and oxygen atoms in total. The number of nitrogens with zero attached hydrogens (tertiary/aromatic N) is 5. The predicted molar refractivity (Wildman–Crippen MR) is 140 cm³/mol. The van der Waals surface area contributed by atoms with Crippen LogP contribution >= 0.6 is 0 Å². The van der Waals surface area contributed by atoms with E-state index in [1.54, 1.807) is 18.8 Å². The van der Waals surface area contributed by atoms with Crippen molar-refractivity contribution < 1.29 is 14.6 Å². The lowest BCUT2D eigenvalue weighted by Gasteiger charge is -2.35. The van der Waals surface area contributed by atoms with E-state index in [9.17, 15) is 14.7 Å². The largest absolute Gasteiger partial charge is 0.496 e. The highest BCUT2D eigenvalue weighted by molar-refractivity contribution is 5.81. The standard InChI is InChI=1S/C27H30N6O4/c1-17-23-24(33(30-17)20-7-5-4-6-8-20)26(34)29-25(28-23)21-10-9-18(15-22(21)37-3)16-32-13-11-19(12-14-32)31(2)27(35)36/h4-10,15,19H,11-14,16H2,1-3H3,(H,35,36)(H,28,29,34). The number of ether oxygens (including phenoxy) is 1. The van der Waals surface area contributed by atoms with Gasteiger partial charge in [-0.3, -0.25) is 9.69 Å². The van der Waals surface area contributed by atoms with E-state index in [0.717, 1.165) is 43.7 Å². The van der Waals surface area contributed by atoms with Crippen LogP contribution in [0.4, 0.5) is 4.79 Å². The summed E-state index contributed by atoms with van der Waals surface area (Å²) in [7, 11) is 3.24. The van der Waals surface area contributed by atoms with Crippen LogP contribution in [0.2, 0.25) is 0 Å². The third-order valence-electron chi connectivity index (χ3n) is 7.03. The monoisotopic (exact) mass is 502 g/mol.